The van der Waals surface area contributed by atoms with Crippen LogP contribution < -0.4 is 10.5 Å². The van der Waals surface area contributed by atoms with Gasteiger partial charge < -0.3 is 15.2 Å². The smallest absolute Gasteiger partial charge is 0.189 e. The Bertz CT molecular complexity index is 272. The summed E-state index contributed by atoms with van der Waals surface area (Å²) in [5.74, 6) is 0.719. The van der Waals surface area contributed by atoms with Gasteiger partial charge in [-0.3, -0.25) is 4.98 Å². The zero-order chi connectivity index (χ0) is 11.1. The standard InChI is InChI=1S/C11H18N2O2/c1-3-14-8-15-11-5-4-10(13-7-11)6-9(2)12/h4-5,7,9H,3,6,8,12H2,1-2H3. The molecule has 1 aromatic heterocycles. The lowest BCUT2D eigenvalue weighted by molar-refractivity contribution is 0.0222. The fraction of sp³-hybridized carbons (Fsp3) is 0.545. The van der Waals surface area contributed by atoms with E-state index in [0.717, 1.165) is 17.9 Å². The molecule has 0 amide bonds. The monoisotopic (exact) mass is 210 g/mol. The Balaban J connectivity index is 2.42. The molecule has 1 atom stereocenters. The van der Waals surface area contributed by atoms with E-state index in [1.165, 1.54) is 0 Å². The van der Waals surface area contributed by atoms with Crippen molar-refractivity contribution in [2.24, 2.45) is 5.73 Å². The molecule has 1 unspecified atom stereocenters. The van der Waals surface area contributed by atoms with Gasteiger partial charge in [-0.25, -0.2) is 0 Å². The largest absolute Gasteiger partial charge is 0.466 e. The second kappa shape index (κ2) is 6.37. The third-order valence-corrected chi connectivity index (χ3v) is 1.84. The topological polar surface area (TPSA) is 57.4 Å². The molecule has 0 aliphatic heterocycles. The summed E-state index contributed by atoms with van der Waals surface area (Å²) in [6, 6.07) is 3.93. The number of aromatic nitrogens is 1. The Kier molecular flexibility index (Phi) is 5.07. The Morgan fingerprint density at radius 1 is 1.47 bits per heavy atom. The van der Waals surface area contributed by atoms with Crippen molar-refractivity contribution in [2.45, 2.75) is 26.3 Å². The van der Waals surface area contributed by atoms with Crippen molar-refractivity contribution < 1.29 is 9.47 Å². The van der Waals surface area contributed by atoms with Crippen LogP contribution in [0.15, 0.2) is 18.3 Å². The molecule has 0 fully saturated rings. The summed E-state index contributed by atoms with van der Waals surface area (Å²) in [5, 5.41) is 0. The van der Waals surface area contributed by atoms with E-state index in [0.29, 0.717) is 6.61 Å². The van der Waals surface area contributed by atoms with E-state index in [2.05, 4.69) is 4.98 Å². The van der Waals surface area contributed by atoms with Gasteiger partial charge in [0, 0.05) is 24.8 Å². The third-order valence-electron chi connectivity index (χ3n) is 1.84. The first kappa shape index (κ1) is 11.9. The van der Waals surface area contributed by atoms with Gasteiger partial charge in [0.15, 0.2) is 6.79 Å². The second-order valence-electron chi connectivity index (χ2n) is 3.42. The lowest BCUT2D eigenvalue weighted by Crippen LogP contribution is -2.18. The number of nitrogens with two attached hydrogens (primary N) is 1. The molecule has 1 heterocycles. The van der Waals surface area contributed by atoms with Gasteiger partial charge in [-0.2, -0.15) is 0 Å². The van der Waals surface area contributed by atoms with Crippen LogP contribution in [0.1, 0.15) is 19.5 Å². The van der Waals surface area contributed by atoms with Gasteiger partial charge in [0.05, 0.1) is 6.20 Å². The van der Waals surface area contributed by atoms with Crippen LogP contribution in [0, 0.1) is 0 Å². The summed E-state index contributed by atoms with van der Waals surface area (Å²) < 4.78 is 10.4. The van der Waals surface area contributed by atoms with Gasteiger partial charge in [0.25, 0.3) is 0 Å². The maximum absolute atomic E-state index is 5.67. The van der Waals surface area contributed by atoms with Gasteiger partial charge in [-0.05, 0) is 26.0 Å². The first-order valence-corrected chi connectivity index (χ1v) is 5.13. The minimum atomic E-state index is 0.132. The molecule has 84 valence electrons. The molecule has 0 radical (unpaired) electrons. The molecule has 0 saturated heterocycles. The first-order valence-electron chi connectivity index (χ1n) is 5.13. The van der Waals surface area contributed by atoms with Crippen molar-refractivity contribution in [1.82, 2.24) is 4.98 Å². The van der Waals surface area contributed by atoms with Crippen LogP contribution in [0.5, 0.6) is 5.75 Å². The van der Waals surface area contributed by atoms with Crippen LogP contribution in [0.2, 0.25) is 0 Å². The van der Waals surface area contributed by atoms with E-state index in [4.69, 9.17) is 15.2 Å². The zero-order valence-corrected chi connectivity index (χ0v) is 9.27. The Morgan fingerprint density at radius 3 is 2.80 bits per heavy atom. The van der Waals surface area contributed by atoms with Crippen LogP contribution in [0.3, 0.4) is 0 Å². The second-order valence-corrected chi connectivity index (χ2v) is 3.42. The SMILES string of the molecule is CCOCOc1ccc(CC(C)N)nc1. The molecule has 0 spiro atoms. The predicted molar refractivity (Wildman–Crippen MR) is 58.7 cm³/mol. The molecule has 0 aliphatic rings. The van der Waals surface area contributed by atoms with E-state index in [1.807, 2.05) is 26.0 Å². The van der Waals surface area contributed by atoms with E-state index in [9.17, 15) is 0 Å². The molecule has 1 rings (SSSR count). The summed E-state index contributed by atoms with van der Waals surface area (Å²) in [7, 11) is 0. The van der Waals surface area contributed by atoms with Gasteiger partial charge in [-0.1, -0.05) is 0 Å². The average Bonchev–Trinajstić information content (AvgIpc) is 2.20. The van der Waals surface area contributed by atoms with Crippen molar-refractivity contribution in [2.75, 3.05) is 13.4 Å². The van der Waals surface area contributed by atoms with Crippen molar-refractivity contribution in [3.05, 3.63) is 24.0 Å². The quantitative estimate of drug-likeness (QED) is 0.568. The molecule has 0 aromatic carbocycles. The number of rotatable bonds is 6. The predicted octanol–water partition coefficient (Wildman–Crippen LogP) is 1.34. The van der Waals surface area contributed by atoms with E-state index in [-0.39, 0.29) is 12.8 Å². The maximum Gasteiger partial charge on any atom is 0.189 e. The number of hydrogen-bond acceptors (Lipinski definition) is 4. The van der Waals surface area contributed by atoms with Crippen LogP contribution in [-0.4, -0.2) is 24.4 Å². The summed E-state index contributed by atoms with van der Waals surface area (Å²) >= 11 is 0. The molecular formula is C11H18N2O2. The Hall–Kier alpha value is -1.13. The molecule has 0 aliphatic carbocycles. The van der Waals surface area contributed by atoms with Crippen LogP contribution >= 0.6 is 0 Å². The number of hydrogen-bond donors (Lipinski definition) is 1. The highest BCUT2D eigenvalue weighted by molar-refractivity contribution is 5.20. The van der Waals surface area contributed by atoms with Gasteiger partial charge >= 0.3 is 0 Å². The number of ether oxygens (including phenoxy) is 2. The number of nitrogens with zero attached hydrogens (tertiary/aromatic N) is 1. The van der Waals surface area contributed by atoms with Gasteiger partial charge in [0.2, 0.25) is 0 Å². The highest BCUT2D eigenvalue weighted by Crippen LogP contribution is 2.09. The summed E-state index contributed by atoms with van der Waals surface area (Å²) in [6.07, 6.45) is 2.47. The van der Waals surface area contributed by atoms with Gasteiger partial charge in [-0.15, -0.1) is 0 Å². The Labute approximate surface area is 90.4 Å². The highest BCUT2D eigenvalue weighted by Gasteiger charge is 2.00. The van der Waals surface area contributed by atoms with Gasteiger partial charge in [0.1, 0.15) is 5.75 Å². The fourth-order valence-electron chi connectivity index (χ4n) is 1.14. The van der Waals surface area contributed by atoms with Crippen LogP contribution in [0.4, 0.5) is 0 Å². The lowest BCUT2D eigenvalue weighted by atomic mass is 10.2. The first-order chi connectivity index (χ1) is 7.22. The van der Waals surface area contributed by atoms with Crippen molar-refractivity contribution in [1.29, 1.82) is 0 Å². The summed E-state index contributed by atoms with van der Waals surface area (Å²) in [6.45, 7) is 4.80. The van der Waals surface area contributed by atoms with Crippen LogP contribution in [0.25, 0.3) is 0 Å². The molecule has 1 aromatic rings. The molecule has 4 nitrogen and oxygen atoms in total. The molecule has 0 bridgehead atoms. The molecule has 2 N–H and O–H groups in total. The molecule has 15 heavy (non-hydrogen) atoms. The molecule has 4 heteroatoms. The van der Waals surface area contributed by atoms with Crippen LogP contribution in [-0.2, 0) is 11.2 Å². The minimum absolute atomic E-state index is 0.132. The average molecular weight is 210 g/mol. The highest BCUT2D eigenvalue weighted by atomic mass is 16.7. The number of pyridine rings is 1. The summed E-state index contributed by atoms with van der Waals surface area (Å²) in [4.78, 5) is 4.24. The van der Waals surface area contributed by atoms with E-state index >= 15 is 0 Å². The Morgan fingerprint density at radius 2 is 2.27 bits per heavy atom. The lowest BCUT2D eigenvalue weighted by Gasteiger charge is -2.07. The normalized spacial score (nSPS) is 12.5. The summed E-state index contributed by atoms with van der Waals surface area (Å²) in [5.41, 5.74) is 6.65. The van der Waals surface area contributed by atoms with E-state index < -0.39 is 0 Å². The van der Waals surface area contributed by atoms with Crippen molar-refractivity contribution in [3.8, 4) is 5.75 Å². The third kappa shape index (κ3) is 4.76. The maximum atomic E-state index is 5.67. The fourth-order valence-corrected chi connectivity index (χ4v) is 1.14. The minimum Gasteiger partial charge on any atom is -0.466 e. The van der Waals surface area contributed by atoms with E-state index in [1.54, 1.807) is 6.20 Å². The zero-order valence-electron chi connectivity index (χ0n) is 9.27. The molecule has 0 saturated carbocycles. The van der Waals surface area contributed by atoms with Crippen molar-refractivity contribution in [3.63, 3.8) is 0 Å². The van der Waals surface area contributed by atoms with Crippen molar-refractivity contribution >= 4 is 0 Å². The molecular weight excluding hydrogens is 192 g/mol.